The van der Waals surface area contributed by atoms with Crippen LogP contribution in [0.3, 0.4) is 0 Å². The maximum absolute atomic E-state index is 10.2. The first-order valence-corrected chi connectivity index (χ1v) is 5.44. The minimum absolute atomic E-state index is 0.200. The van der Waals surface area contributed by atoms with E-state index in [0.717, 1.165) is 32.1 Å². The summed E-state index contributed by atoms with van der Waals surface area (Å²) in [5, 5.41) is 17.9. The lowest BCUT2D eigenvalue weighted by Gasteiger charge is -2.13. The maximum Gasteiger partial charge on any atom is 0.303 e. The molecule has 0 aromatic carbocycles. The molecule has 1 atom stereocenters. The van der Waals surface area contributed by atoms with E-state index in [1.165, 1.54) is 0 Å². The van der Waals surface area contributed by atoms with Crippen molar-refractivity contribution in [3.63, 3.8) is 0 Å². The number of unbranched alkanes of at least 4 members (excludes halogenated alkanes) is 3. The quantitative estimate of drug-likeness (QED) is 0.594. The fraction of sp³-hybridized carbons (Fsp3) is 0.909. The summed E-state index contributed by atoms with van der Waals surface area (Å²) in [6.07, 6.45) is 4.65. The van der Waals surface area contributed by atoms with Crippen LogP contribution in [-0.2, 0) is 4.79 Å². The molecular formula is C11H22O3. The lowest BCUT2D eigenvalue weighted by molar-refractivity contribution is -0.137. The number of carboxylic acid groups (broad SMARTS) is 1. The first-order valence-electron chi connectivity index (χ1n) is 5.44. The number of rotatable bonds is 8. The molecule has 0 aliphatic heterocycles. The zero-order chi connectivity index (χ0) is 11.0. The molecule has 0 spiro atoms. The molecular weight excluding hydrogens is 180 g/mol. The summed E-state index contributed by atoms with van der Waals surface area (Å²) in [4.78, 5) is 10.2. The van der Waals surface area contributed by atoms with E-state index >= 15 is 0 Å². The molecule has 0 heterocycles. The normalized spacial score (nSPS) is 13.1. The van der Waals surface area contributed by atoms with Crippen molar-refractivity contribution in [1.29, 1.82) is 0 Å². The van der Waals surface area contributed by atoms with Crippen molar-refractivity contribution < 1.29 is 15.0 Å². The van der Waals surface area contributed by atoms with Gasteiger partial charge in [0.15, 0.2) is 0 Å². The van der Waals surface area contributed by atoms with Gasteiger partial charge in [0.25, 0.3) is 0 Å². The zero-order valence-electron chi connectivity index (χ0n) is 9.20. The van der Waals surface area contributed by atoms with E-state index in [4.69, 9.17) is 5.11 Å². The van der Waals surface area contributed by atoms with Gasteiger partial charge >= 0.3 is 5.97 Å². The molecule has 0 rings (SSSR count). The number of carboxylic acids is 1. The summed E-state index contributed by atoms with van der Waals surface area (Å²) in [6, 6.07) is 0. The Morgan fingerprint density at radius 1 is 1.14 bits per heavy atom. The smallest absolute Gasteiger partial charge is 0.303 e. The fourth-order valence-corrected chi connectivity index (χ4v) is 1.32. The van der Waals surface area contributed by atoms with Crippen molar-refractivity contribution >= 4 is 5.97 Å². The third kappa shape index (κ3) is 8.05. The van der Waals surface area contributed by atoms with E-state index in [-0.39, 0.29) is 12.5 Å². The fourth-order valence-electron chi connectivity index (χ4n) is 1.32. The summed E-state index contributed by atoms with van der Waals surface area (Å²) in [7, 11) is 0. The standard InChI is InChI=1S/C11H22O3/c1-9(2)10(12)7-5-3-4-6-8-11(13)14/h9-10,12H,3-8H2,1-2H3,(H,13,14). The Morgan fingerprint density at radius 2 is 1.71 bits per heavy atom. The minimum Gasteiger partial charge on any atom is -0.481 e. The molecule has 0 saturated heterocycles. The van der Waals surface area contributed by atoms with Crippen LogP contribution in [-0.4, -0.2) is 22.3 Å². The van der Waals surface area contributed by atoms with Crippen LogP contribution in [0.2, 0.25) is 0 Å². The number of aliphatic carboxylic acids is 1. The number of hydrogen-bond donors (Lipinski definition) is 2. The Labute approximate surface area is 86.1 Å². The van der Waals surface area contributed by atoms with Gasteiger partial charge in [-0.15, -0.1) is 0 Å². The van der Waals surface area contributed by atoms with Gasteiger partial charge in [-0.2, -0.15) is 0 Å². The number of hydrogen-bond acceptors (Lipinski definition) is 2. The van der Waals surface area contributed by atoms with Crippen molar-refractivity contribution in [2.24, 2.45) is 5.92 Å². The third-order valence-electron chi connectivity index (χ3n) is 2.41. The van der Waals surface area contributed by atoms with Crippen molar-refractivity contribution in [3.8, 4) is 0 Å². The van der Waals surface area contributed by atoms with E-state index in [0.29, 0.717) is 5.92 Å². The van der Waals surface area contributed by atoms with Crippen LogP contribution in [0, 0.1) is 5.92 Å². The average molecular weight is 202 g/mol. The highest BCUT2D eigenvalue weighted by atomic mass is 16.4. The topological polar surface area (TPSA) is 57.5 Å². The summed E-state index contributed by atoms with van der Waals surface area (Å²) in [5.41, 5.74) is 0. The van der Waals surface area contributed by atoms with Crippen molar-refractivity contribution in [3.05, 3.63) is 0 Å². The Balaban J connectivity index is 3.17. The molecule has 0 amide bonds. The second-order valence-electron chi connectivity index (χ2n) is 4.16. The van der Waals surface area contributed by atoms with E-state index in [1.54, 1.807) is 0 Å². The molecule has 1 unspecified atom stereocenters. The second-order valence-corrected chi connectivity index (χ2v) is 4.16. The van der Waals surface area contributed by atoms with Gasteiger partial charge in [-0.1, -0.05) is 33.1 Å². The molecule has 0 aromatic rings. The molecule has 0 saturated carbocycles. The summed E-state index contributed by atoms with van der Waals surface area (Å²) < 4.78 is 0. The predicted octanol–water partition coefficient (Wildman–Crippen LogP) is 2.43. The van der Waals surface area contributed by atoms with Crippen LogP contribution in [0.1, 0.15) is 52.4 Å². The maximum atomic E-state index is 10.2. The van der Waals surface area contributed by atoms with Gasteiger partial charge < -0.3 is 10.2 Å². The molecule has 0 aliphatic rings. The largest absolute Gasteiger partial charge is 0.481 e. The zero-order valence-corrected chi connectivity index (χ0v) is 9.20. The van der Waals surface area contributed by atoms with Gasteiger partial charge in [0.1, 0.15) is 0 Å². The van der Waals surface area contributed by atoms with Crippen LogP contribution in [0.5, 0.6) is 0 Å². The van der Waals surface area contributed by atoms with Gasteiger partial charge in [0.2, 0.25) is 0 Å². The van der Waals surface area contributed by atoms with Gasteiger partial charge in [-0.05, 0) is 18.8 Å². The minimum atomic E-state index is -0.716. The number of aliphatic hydroxyl groups is 1. The Bertz CT molecular complexity index is 155. The highest BCUT2D eigenvalue weighted by molar-refractivity contribution is 5.66. The van der Waals surface area contributed by atoms with E-state index in [2.05, 4.69) is 0 Å². The number of aliphatic hydroxyl groups excluding tert-OH is 1. The molecule has 3 heteroatoms. The molecule has 3 nitrogen and oxygen atoms in total. The Hall–Kier alpha value is -0.570. The molecule has 0 fully saturated rings. The Morgan fingerprint density at radius 3 is 2.21 bits per heavy atom. The first-order chi connectivity index (χ1) is 6.54. The summed E-state index contributed by atoms with van der Waals surface area (Å²) >= 11 is 0. The summed E-state index contributed by atoms with van der Waals surface area (Å²) in [6.45, 7) is 4.02. The van der Waals surface area contributed by atoms with Crippen molar-refractivity contribution in [1.82, 2.24) is 0 Å². The van der Waals surface area contributed by atoms with Crippen LogP contribution in [0.25, 0.3) is 0 Å². The molecule has 0 radical (unpaired) electrons. The predicted molar refractivity (Wildman–Crippen MR) is 56.2 cm³/mol. The Kier molecular flexibility index (Phi) is 7.48. The van der Waals surface area contributed by atoms with Gasteiger partial charge in [-0.25, -0.2) is 0 Å². The number of carbonyl (C=O) groups is 1. The molecule has 0 aliphatic carbocycles. The molecule has 2 N–H and O–H groups in total. The first kappa shape index (κ1) is 13.4. The van der Waals surface area contributed by atoms with Gasteiger partial charge in [0, 0.05) is 6.42 Å². The molecule has 84 valence electrons. The molecule has 14 heavy (non-hydrogen) atoms. The van der Waals surface area contributed by atoms with E-state index in [1.807, 2.05) is 13.8 Å². The van der Waals surface area contributed by atoms with Crippen LogP contribution < -0.4 is 0 Å². The molecule has 0 bridgehead atoms. The van der Waals surface area contributed by atoms with Crippen LogP contribution >= 0.6 is 0 Å². The van der Waals surface area contributed by atoms with E-state index < -0.39 is 5.97 Å². The van der Waals surface area contributed by atoms with E-state index in [9.17, 15) is 9.90 Å². The SMILES string of the molecule is CC(C)C(O)CCCCCCC(=O)O. The monoisotopic (exact) mass is 202 g/mol. The van der Waals surface area contributed by atoms with Crippen molar-refractivity contribution in [2.45, 2.75) is 58.5 Å². The highest BCUT2D eigenvalue weighted by Gasteiger charge is 2.07. The van der Waals surface area contributed by atoms with Gasteiger partial charge in [0.05, 0.1) is 6.10 Å². The third-order valence-corrected chi connectivity index (χ3v) is 2.41. The van der Waals surface area contributed by atoms with Crippen molar-refractivity contribution in [2.75, 3.05) is 0 Å². The average Bonchev–Trinajstić information content (AvgIpc) is 2.09. The second kappa shape index (κ2) is 7.80. The molecule has 0 aromatic heterocycles. The lowest BCUT2D eigenvalue weighted by Crippen LogP contribution is -2.13. The van der Waals surface area contributed by atoms with Crippen LogP contribution in [0.4, 0.5) is 0 Å². The lowest BCUT2D eigenvalue weighted by atomic mass is 10.0. The van der Waals surface area contributed by atoms with Gasteiger partial charge in [-0.3, -0.25) is 4.79 Å². The summed E-state index contributed by atoms with van der Waals surface area (Å²) in [5.74, 6) is -0.388. The van der Waals surface area contributed by atoms with Crippen LogP contribution in [0.15, 0.2) is 0 Å². The highest BCUT2D eigenvalue weighted by Crippen LogP contribution is 2.12.